The molecule has 0 radical (unpaired) electrons. The zero-order valence-corrected chi connectivity index (χ0v) is 19.4. The molecular weight excluding hydrogens is 431 g/mol. The quantitative estimate of drug-likeness (QED) is 0.637. The van der Waals surface area contributed by atoms with Gasteiger partial charge in [0.15, 0.2) is 0 Å². The molecule has 0 bridgehead atoms. The van der Waals surface area contributed by atoms with E-state index in [9.17, 15) is 14.0 Å². The van der Waals surface area contributed by atoms with Gasteiger partial charge in [0.1, 0.15) is 5.82 Å². The predicted molar refractivity (Wildman–Crippen MR) is 129 cm³/mol. The number of fused-ring (bicyclic) bond motifs is 1. The number of amides is 2. The Morgan fingerprint density at radius 1 is 1.21 bits per heavy atom. The molecule has 3 unspecified atom stereocenters. The molecule has 2 amide bonds. The molecular formula is C27H29FN4O2. The summed E-state index contributed by atoms with van der Waals surface area (Å²) in [5, 5.41) is 9.30. The fourth-order valence-electron chi connectivity index (χ4n) is 5.23. The number of hydrogen-bond acceptors (Lipinski definition) is 4. The zero-order chi connectivity index (χ0) is 23.8. The second-order valence-corrected chi connectivity index (χ2v) is 9.39. The van der Waals surface area contributed by atoms with Gasteiger partial charge in [-0.3, -0.25) is 14.5 Å². The van der Waals surface area contributed by atoms with Gasteiger partial charge in [0.05, 0.1) is 5.92 Å². The predicted octanol–water partition coefficient (Wildman–Crippen LogP) is 3.65. The Morgan fingerprint density at radius 2 is 2.00 bits per heavy atom. The lowest BCUT2D eigenvalue weighted by atomic mass is 9.93. The van der Waals surface area contributed by atoms with E-state index in [1.54, 1.807) is 6.07 Å². The van der Waals surface area contributed by atoms with Crippen LogP contribution in [0.25, 0.3) is 0 Å². The first-order chi connectivity index (χ1) is 16.4. The smallest absolute Gasteiger partial charge is 0.249 e. The van der Waals surface area contributed by atoms with Crippen molar-refractivity contribution in [2.24, 2.45) is 5.92 Å². The standard InChI is InChI=1S/C27H29FN4O2/c1-16-24(13-22-21-12-19(28)8-9-23(21)31-26(22)33)29-17(2)25(16)27(34)30-20-10-11-32(15-20)14-18-6-4-3-5-7-18/h3-9,12-13,16,20,22,29H,10-11,14-15H2,1-2H3,(H,30,34)(H,31,33). The largest absolute Gasteiger partial charge is 0.362 e. The van der Waals surface area contributed by atoms with Gasteiger partial charge in [0, 0.05) is 54.2 Å². The van der Waals surface area contributed by atoms with E-state index in [0.717, 1.165) is 37.4 Å². The van der Waals surface area contributed by atoms with Crippen LogP contribution in [0.5, 0.6) is 0 Å². The molecule has 3 heterocycles. The van der Waals surface area contributed by atoms with Crippen LogP contribution >= 0.6 is 0 Å². The topological polar surface area (TPSA) is 73.5 Å². The van der Waals surface area contributed by atoms with Crippen molar-refractivity contribution in [1.82, 2.24) is 15.5 Å². The molecule has 0 aliphatic carbocycles. The van der Waals surface area contributed by atoms with Crippen LogP contribution in [0.1, 0.15) is 37.3 Å². The van der Waals surface area contributed by atoms with Crippen molar-refractivity contribution in [2.45, 2.75) is 38.8 Å². The number of nitrogens with one attached hydrogen (secondary N) is 3. The summed E-state index contributed by atoms with van der Waals surface area (Å²) in [6.07, 6.45) is 2.73. The van der Waals surface area contributed by atoms with E-state index in [0.29, 0.717) is 16.8 Å². The molecule has 1 saturated heterocycles. The van der Waals surface area contributed by atoms with Crippen molar-refractivity contribution >= 4 is 17.5 Å². The van der Waals surface area contributed by atoms with Crippen LogP contribution in [0, 0.1) is 11.7 Å². The number of benzene rings is 2. The summed E-state index contributed by atoms with van der Waals surface area (Å²) in [6, 6.07) is 14.8. The lowest BCUT2D eigenvalue weighted by Crippen LogP contribution is -2.38. The molecule has 3 aliphatic rings. The van der Waals surface area contributed by atoms with Gasteiger partial charge in [-0.2, -0.15) is 0 Å². The number of likely N-dealkylation sites (tertiary alicyclic amines) is 1. The monoisotopic (exact) mass is 460 g/mol. The van der Waals surface area contributed by atoms with Crippen molar-refractivity contribution in [3.63, 3.8) is 0 Å². The average molecular weight is 461 g/mol. The Kier molecular flexibility index (Phi) is 5.96. The molecule has 7 heteroatoms. The Bertz CT molecular complexity index is 1190. The maximum Gasteiger partial charge on any atom is 0.249 e. The van der Waals surface area contributed by atoms with Crippen LogP contribution in [0.4, 0.5) is 10.1 Å². The third-order valence-electron chi connectivity index (χ3n) is 6.97. The van der Waals surface area contributed by atoms with Crippen molar-refractivity contribution in [3.8, 4) is 0 Å². The molecule has 6 nitrogen and oxygen atoms in total. The summed E-state index contributed by atoms with van der Waals surface area (Å²) in [6.45, 7) is 6.49. The number of rotatable bonds is 5. The Morgan fingerprint density at radius 3 is 2.79 bits per heavy atom. The van der Waals surface area contributed by atoms with Gasteiger partial charge in [0.2, 0.25) is 11.8 Å². The maximum absolute atomic E-state index is 13.8. The highest BCUT2D eigenvalue weighted by atomic mass is 19.1. The molecule has 3 atom stereocenters. The van der Waals surface area contributed by atoms with Crippen molar-refractivity contribution in [3.05, 3.63) is 88.5 Å². The number of hydrogen-bond donors (Lipinski definition) is 3. The molecule has 1 fully saturated rings. The number of anilines is 1. The van der Waals surface area contributed by atoms with Gasteiger partial charge in [-0.05, 0) is 48.7 Å². The molecule has 3 aliphatic heterocycles. The molecule has 2 aromatic carbocycles. The molecule has 2 aromatic rings. The summed E-state index contributed by atoms with van der Waals surface area (Å²) >= 11 is 0. The summed E-state index contributed by atoms with van der Waals surface area (Å²) in [5.41, 5.74) is 4.78. The number of carbonyl (C=O) groups excluding carboxylic acids is 2. The first kappa shape index (κ1) is 22.3. The highest BCUT2D eigenvalue weighted by Crippen LogP contribution is 2.37. The average Bonchev–Trinajstić information content (AvgIpc) is 3.45. The third kappa shape index (κ3) is 4.35. The van der Waals surface area contributed by atoms with E-state index in [2.05, 4.69) is 33.0 Å². The molecule has 0 saturated carbocycles. The summed E-state index contributed by atoms with van der Waals surface area (Å²) < 4.78 is 13.8. The van der Waals surface area contributed by atoms with Crippen molar-refractivity contribution < 1.29 is 14.0 Å². The lowest BCUT2D eigenvalue weighted by Gasteiger charge is -2.18. The molecule has 0 spiro atoms. The minimum Gasteiger partial charge on any atom is -0.362 e. The van der Waals surface area contributed by atoms with E-state index < -0.39 is 5.92 Å². The van der Waals surface area contributed by atoms with Crippen LogP contribution in [0.15, 0.2) is 71.6 Å². The van der Waals surface area contributed by atoms with Crippen LogP contribution in [-0.2, 0) is 16.1 Å². The normalized spacial score (nSPS) is 25.4. The number of allylic oxidation sites excluding steroid dienone is 2. The van der Waals surface area contributed by atoms with E-state index in [-0.39, 0.29) is 29.6 Å². The number of carbonyl (C=O) groups is 2. The second-order valence-electron chi connectivity index (χ2n) is 9.39. The minimum absolute atomic E-state index is 0.0743. The van der Waals surface area contributed by atoms with Crippen LogP contribution in [-0.4, -0.2) is 35.8 Å². The Balaban J connectivity index is 1.24. The van der Waals surface area contributed by atoms with Gasteiger partial charge >= 0.3 is 0 Å². The zero-order valence-electron chi connectivity index (χ0n) is 19.4. The van der Waals surface area contributed by atoms with E-state index in [4.69, 9.17) is 0 Å². The third-order valence-corrected chi connectivity index (χ3v) is 6.97. The van der Waals surface area contributed by atoms with Gasteiger partial charge < -0.3 is 16.0 Å². The number of nitrogens with zero attached hydrogens (tertiary/aromatic N) is 1. The highest BCUT2D eigenvalue weighted by molar-refractivity contribution is 6.04. The van der Waals surface area contributed by atoms with Gasteiger partial charge in [-0.25, -0.2) is 4.39 Å². The van der Waals surface area contributed by atoms with E-state index >= 15 is 0 Å². The molecule has 0 aromatic heterocycles. The molecule has 176 valence electrons. The molecule has 5 rings (SSSR count). The van der Waals surface area contributed by atoms with Crippen LogP contribution < -0.4 is 16.0 Å². The van der Waals surface area contributed by atoms with E-state index in [1.165, 1.54) is 17.7 Å². The Hall–Kier alpha value is -3.45. The minimum atomic E-state index is -0.591. The first-order valence-corrected chi connectivity index (χ1v) is 11.8. The fourth-order valence-corrected chi connectivity index (χ4v) is 5.23. The maximum atomic E-state index is 13.8. The van der Waals surface area contributed by atoms with Gasteiger partial charge in [-0.1, -0.05) is 37.3 Å². The second kappa shape index (κ2) is 9.06. The summed E-state index contributed by atoms with van der Waals surface area (Å²) in [5.74, 6) is -1.42. The SMILES string of the molecule is CC1=C(C(=O)NC2CCN(Cc3ccccc3)C2)C(C)C(=CC2C(=O)Nc3ccc(F)cc32)N1. The lowest BCUT2D eigenvalue weighted by molar-refractivity contribution is -0.118. The van der Waals surface area contributed by atoms with Crippen LogP contribution in [0.2, 0.25) is 0 Å². The highest BCUT2D eigenvalue weighted by Gasteiger charge is 2.35. The summed E-state index contributed by atoms with van der Waals surface area (Å²) in [7, 11) is 0. The molecule has 3 N–H and O–H groups in total. The molecule has 34 heavy (non-hydrogen) atoms. The van der Waals surface area contributed by atoms with Gasteiger partial charge in [-0.15, -0.1) is 0 Å². The fraction of sp³-hybridized carbons (Fsp3) is 0.333. The summed E-state index contributed by atoms with van der Waals surface area (Å²) in [4.78, 5) is 28.1. The van der Waals surface area contributed by atoms with Crippen LogP contribution in [0.3, 0.4) is 0 Å². The van der Waals surface area contributed by atoms with E-state index in [1.807, 2.05) is 38.1 Å². The van der Waals surface area contributed by atoms with Crippen molar-refractivity contribution in [2.75, 3.05) is 18.4 Å². The number of halogens is 1. The Labute approximate surface area is 198 Å². The van der Waals surface area contributed by atoms with Crippen molar-refractivity contribution in [1.29, 1.82) is 0 Å². The first-order valence-electron chi connectivity index (χ1n) is 11.8. The van der Waals surface area contributed by atoms with Gasteiger partial charge in [0.25, 0.3) is 0 Å².